The average Bonchev–Trinajstić information content (AvgIpc) is 2.36. The number of rotatable bonds is 6. The van der Waals surface area contributed by atoms with Gasteiger partial charge in [0, 0.05) is 5.56 Å². The van der Waals surface area contributed by atoms with Gasteiger partial charge in [0.05, 0.1) is 6.61 Å². The van der Waals surface area contributed by atoms with Crippen molar-refractivity contribution in [2.24, 2.45) is 0 Å². The van der Waals surface area contributed by atoms with E-state index in [0.717, 1.165) is 0 Å². The van der Waals surface area contributed by atoms with E-state index >= 15 is 0 Å². The summed E-state index contributed by atoms with van der Waals surface area (Å²) in [7, 11) is 0. The van der Waals surface area contributed by atoms with Crippen molar-refractivity contribution >= 4 is 11.8 Å². The van der Waals surface area contributed by atoms with Gasteiger partial charge in [-0.15, -0.1) is 0 Å². The summed E-state index contributed by atoms with van der Waals surface area (Å²) >= 11 is 0. The van der Waals surface area contributed by atoms with Crippen molar-refractivity contribution in [1.82, 2.24) is 0 Å². The molecule has 0 atom stereocenters. The molecule has 0 bridgehead atoms. The Morgan fingerprint density at radius 2 is 2.06 bits per heavy atom. The Bertz CT molecular complexity index is 432. The second-order valence-corrected chi connectivity index (χ2v) is 3.28. The maximum atomic E-state index is 11.9. The molecule has 0 spiro atoms. The van der Waals surface area contributed by atoms with Crippen LogP contribution in [0.4, 0.5) is 8.78 Å². The minimum atomic E-state index is -2.60. The van der Waals surface area contributed by atoms with E-state index in [9.17, 15) is 18.4 Å². The fourth-order valence-corrected chi connectivity index (χ4v) is 1.20. The van der Waals surface area contributed by atoms with Crippen LogP contribution in [0.3, 0.4) is 0 Å². The molecule has 0 saturated carbocycles. The van der Waals surface area contributed by atoms with Gasteiger partial charge in [0.25, 0.3) is 12.2 Å². The highest BCUT2D eigenvalue weighted by Gasteiger charge is 2.17. The van der Waals surface area contributed by atoms with Crippen molar-refractivity contribution < 1.29 is 27.8 Å². The predicted octanol–water partition coefficient (Wildman–Crippen LogP) is 2.08. The first-order valence-electron chi connectivity index (χ1n) is 5.27. The van der Waals surface area contributed by atoms with Gasteiger partial charge in [0.2, 0.25) is 0 Å². The van der Waals surface area contributed by atoms with Gasteiger partial charge in [0.15, 0.2) is 0 Å². The van der Waals surface area contributed by atoms with Crippen LogP contribution in [0.2, 0.25) is 0 Å². The molecule has 0 heterocycles. The van der Waals surface area contributed by atoms with Crippen molar-refractivity contribution in [3.63, 3.8) is 0 Å². The molecule has 1 rings (SSSR count). The van der Waals surface area contributed by atoms with Crippen LogP contribution in [-0.2, 0) is 9.53 Å². The second kappa shape index (κ2) is 6.68. The molecule has 6 heteroatoms. The van der Waals surface area contributed by atoms with Gasteiger partial charge < -0.3 is 9.47 Å². The minimum absolute atomic E-state index is 0.0419. The maximum absolute atomic E-state index is 11.9. The van der Waals surface area contributed by atoms with Crippen molar-refractivity contribution in [3.8, 4) is 5.75 Å². The third-order valence-corrected chi connectivity index (χ3v) is 1.93. The van der Waals surface area contributed by atoms with E-state index in [1.165, 1.54) is 24.3 Å². The van der Waals surface area contributed by atoms with E-state index in [0.29, 0.717) is 0 Å². The second-order valence-electron chi connectivity index (χ2n) is 3.28. The molecule has 0 aliphatic heterocycles. The molecule has 1 aromatic rings. The molecular weight excluding hydrogens is 246 g/mol. The number of benzene rings is 1. The smallest absolute Gasteiger partial charge is 0.379 e. The molecule has 0 unspecified atom stereocenters. The SMILES string of the molecule is CCOC(=O)C(=O)c1cccc(OCC(F)F)c1. The van der Waals surface area contributed by atoms with E-state index in [4.69, 9.17) is 4.74 Å². The summed E-state index contributed by atoms with van der Waals surface area (Å²) in [5, 5.41) is 0. The van der Waals surface area contributed by atoms with Crippen molar-refractivity contribution in [3.05, 3.63) is 29.8 Å². The minimum Gasteiger partial charge on any atom is -0.488 e. The van der Waals surface area contributed by atoms with Crippen LogP contribution in [0.25, 0.3) is 0 Å². The van der Waals surface area contributed by atoms with Gasteiger partial charge in [0.1, 0.15) is 12.4 Å². The lowest BCUT2D eigenvalue weighted by Gasteiger charge is -2.06. The number of esters is 1. The molecule has 0 radical (unpaired) electrons. The summed E-state index contributed by atoms with van der Waals surface area (Å²) in [6.45, 7) is 0.899. The molecule has 0 aromatic heterocycles. The van der Waals surface area contributed by atoms with E-state index in [1.807, 2.05) is 0 Å². The van der Waals surface area contributed by atoms with Crippen molar-refractivity contribution in [2.75, 3.05) is 13.2 Å². The lowest BCUT2D eigenvalue weighted by atomic mass is 10.1. The Hall–Kier alpha value is -1.98. The Morgan fingerprint density at radius 3 is 2.67 bits per heavy atom. The van der Waals surface area contributed by atoms with E-state index in [-0.39, 0.29) is 17.9 Å². The van der Waals surface area contributed by atoms with Crippen LogP contribution in [-0.4, -0.2) is 31.4 Å². The third-order valence-electron chi connectivity index (χ3n) is 1.93. The molecular formula is C12H12F2O4. The van der Waals surface area contributed by atoms with Crippen molar-refractivity contribution in [2.45, 2.75) is 13.3 Å². The van der Waals surface area contributed by atoms with Crippen LogP contribution in [0, 0.1) is 0 Å². The molecule has 1 aromatic carbocycles. The molecule has 0 N–H and O–H groups in total. The van der Waals surface area contributed by atoms with Crippen LogP contribution >= 0.6 is 0 Å². The molecule has 0 fully saturated rings. The number of hydrogen-bond acceptors (Lipinski definition) is 4. The Labute approximate surface area is 103 Å². The summed E-state index contributed by atoms with van der Waals surface area (Å²) in [5.41, 5.74) is 0.0419. The number of hydrogen-bond donors (Lipinski definition) is 0. The Balaban J connectivity index is 2.75. The number of Topliss-reactive ketones (excluding diaryl/α,β-unsaturated/α-hetero) is 1. The first-order valence-corrected chi connectivity index (χ1v) is 5.27. The Kier molecular flexibility index (Phi) is 5.23. The maximum Gasteiger partial charge on any atom is 0.379 e. The molecule has 18 heavy (non-hydrogen) atoms. The van der Waals surface area contributed by atoms with Gasteiger partial charge in [-0.3, -0.25) is 4.79 Å². The number of halogens is 2. The predicted molar refractivity (Wildman–Crippen MR) is 58.9 cm³/mol. The van der Waals surface area contributed by atoms with Crippen LogP contribution in [0.5, 0.6) is 5.75 Å². The fourth-order valence-electron chi connectivity index (χ4n) is 1.20. The normalized spacial score (nSPS) is 10.2. The average molecular weight is 258 g/mol. The number of alkyl halides is 2. The summed E-state index contributed by atoms with van der Waals surface area (Å²) < 4.78 is 33.2. The summed E-state index contributed by atoms with van der Waals surface area (Å²) in [6, 6.07) is 5.47. The first-order chi connectivity index (χ1) is 8.54. The molecule has 0 aliphatic rings. The fraction of sp³-hybridized carbons (Fsp3) is 0.333. The van der Waals surface area contributed by atoms with Crippen molar-refractivity contribution in [1.29, 1.82) is 0 Å². The molecule has 0 saturated heterocycles. The lowest BCUT2D eigenvalue weighted by Crippen LogP contribution is -2.17. The van der Waals surface area contributed by atoms with Gasteiger partial charge >= 0.3 is 5.97 Å². The van der Waals surface area contributed by atoms with Gasteiger partial charge in [-0.2, -0.15) is 0 Å². The zero-order valence-corrected chi connectivity index (χ0v) is 9.69. The zero-order valence-electron chi connectivity index (χ0n) is 9.69. The largest absolute Gasteiger partial charge is 0.488 e. The number of ether oxygens (including phenoxy) is 2. The number of carbonyl (C=O) groups is 2. The molecule has 0 aliphatic carbocycles. The van der Waals surface area contributed by atoms with E-state index in [1.54, 1.807) is 6.92 Å². The lowest BCUT2D eigenvalue weighted by molar-refractivity contribution is -0.137. The van der Waals surface area contributed by atoms with Crippen LogP contribution in [0.15, 0.2) is 24.3 Å². The first kappa shape index (κ1) is 14.1. The van der Waals surface area contributed by atoms with E-state index < -0.39 is 24.8 Å². The standard InChI is InChI=1S/C12H12F2O4/c1-2-17-12(16)11(15)8-4-3-5-9(6-8)18-7-10(13)14/h3-6,10H,2,7H2,1H3. The van der Waals surface area contributed by atoms with Gasteiger partial charge in [-0.25, -0.2) is 13.6 Å². The number of ketones is 1. The van der Waals surface area contributed by atoms with E-state index in [2.05, 4.69) is 4.74 Å². The quantitative estimate of drug-likeness (QED) is 0.445. The van der Waals surface area contributed by atoms with Crippen LogP contribution < -0.4 is 4.74 Å². The highest BCUT2D eigenvalue weighted by Crippen LogP contribution is 2.15. The Morgan fingerprint density at radius 1 is 1.33 bits per heavy atom. The summed E-state index contributed by atoms with van der Waals surface area (Å²) in [5.74, 6) is -1.71. The molecule has 4 nitrogen and oxygen atoms in total. The summed E-state index contributed by atoms with van der Waals surface area (Å²) in [6.07, 6.45) is -2.60. The van der Waals surface area contributed by atoms with Gasteiger partial charge in [-0.05, 0) is 19.1 Å². The highest BCUT2D eigenvalue weighted by molar-refractivity contribution is 6.40. The topological polar surface area (TPSA) is 52.6 Å². The molecule has 0 amide bonds. The van der Waals surface area contributed by atoms with Gasteiger partial charge in [-0.1, -0.05) is 12.1 Å². The molecule has 98 valence electrons. The number of carbonyl (C=O) groups excluding carboxylic acids is 2. The highest BCUT2D eigenvalue weighted by atomic mass is 19.3. The zero-order chi connectivity index (χ0) is 13.5. The van der Waals surface area contributed by atoms with Crippen LogP contribution in [0.1, 0.15) is 17.3 Å². The monoisotopic (exact) mass is 258 g/mol. The summed E-state index contributed by atoms with van der Waals surface area (Å²) in [4.78, 5) is 22.7. The third kappa shape index (κ3) is 4.12.